The number of furan rings is 1. The number of fused-ring (bicyclic) bond motifs is 1. The lowest BCUT2D eigenvalue weighted by Crippen LogP contribution is -2.16. The molecule has 1 aromatic carbocycles. The number of carbonyl (C=O) groups excluding carboxylic acids is 1. The molecule has 4 rings (SSSR count). The van der Waals surface area contributed by atoms with Gasteiger partial charge in [-0.1, -0.05) is 23.7 Å². The summed E-state index contributed by atoms with van der Waals surface area (Å²) in [4.78, 5) is 20.2. The molecule has 7 nitrogen and oxygen atoms in total. The van der Waals surface area contributed by atoms with E-state index in [9.17, 15) is 18.0 Å². The Labute approximate surface area is 159 Å². The third kappa shape index (κ3) is 3.29. The minimum atomic E-state index is -4.76. The van der Waals surface area contributed by atoms with Crippen molar-refractivity contribution in [3.05, 3.63) is 65.3 Å². The molecule has 1 amide bonds. The van der Waals surface area contributed by atoms with Crippen LogP contribution in [0.2, 0.25) is 5.02 Å². The van der Waals surface area contributed by atoms with Gasteiger partial charge in [0.1, 0.15) is 5.69 Å². The Kier molecular flexibility index (Phi) is 4.27. The molecule has 3 aromatic heterocycles. The summed E-state index contributed by atoms with van der Waals surface area (Å²) in [6, 6.07) is 10.1. The Hall–Kier alpha value is -3.40. The summed E-state index contributed by atoms with van der Waals surface area (Å²) in [5, 5.41) is 6.37. The van der Waals surface area contributed by atoms with Gasteiger partial charge in [0.15, 0.2) is 11.5 Å². The minimum absolute atomic E-state index is 0.0877. The average molecular weight is 408 g/mol. The third-order valence-electron chi connectivity index (χ3n) is 3.70. The van der Waals surface area contributed by atoms with E-state index in [0.717, 1.165) is 6.07 Å². The maximum Gasteiger partial charge on any atom is 0.433 e. The number of nitrogens with one attached hydrogen (secondary N) is 1. The average Bonchev–Trinajstić information content (AvgIpc) is 3.31. The van der Waals surface area contributed by atoms with Crippen LogP contribution >= 0.6 is 11.6 Å². The molecule has 0 aliphatic carbocycles. The molecule has 0 bridgehead atoms. The van der Waals surface area contributed by atoms with E-state index in [-0.39, 0.29) is 22.2 Å². The number of anilines is 1. The predicted molar refractivity (Wildman–Crippen MR) is 92.9 cm³/mol. The Bertz CT molecular complexity index is 1170. The van der Waals surface area contributed by atoms with Crippen molar-refractivity contribution in [3.8, 4) is 11.5 Å². The molecule has 0 aliphatic heterocycles. The molecule has 142 valence electrons. The van der Waals surface area contributed by atoms with Gasteiger partial charge in [0.05, 0.1) is 17.0 Å². The highest BCUT2D eigenvalue weighted by atomic mass is 35.5. The van der Waals surface area contributed by atoms with Crippen LogP contribution in [-0.2, 0) is 6.18 Å². The number of para-hydroxylation sites is 1. The fourth-order valence-corrected chi connectivity index (χ4v) is 2.64. The standard InChI is InChI=1S/C17H9ClF3N5O2/c18-9-4-1-2-5-10(9)22-15(27)14-24-16-23-11(12-6-3-7-28-12)8-13(17(19,20)21)26(16)25-14/h1-8H,(H,22,27). The zero-order valence-electron chi connectivity index (χ0n) is 13.7. The van der Waals surface area contributed by atoms with E-state index < -0.39 is 29.4 Å². The maximum atomic E-state index is 13.5. The first-order chi connectivity index (χ1) is 13.3. The highest BCUT2D eigenvalue weighted by molar-refractivity contribution is 6.33. The lowest BCUT2D eigenvalue weighted by molar-refractivity contribution is -0.142. The summed E-state index contributed by atoms with van der Waals surface area (Å²) in [7, 11) is 0. The lowest BCUT2D eigenvalue weighted by atomic mass is 10.2. The predicted octanol–water partition coefficient (Wildman–Crippen LogP) is 4.31. The van der Waals surface area contributed by atoms with Crippen LogP contribution in [0.5, 0.6) is 0 Å². The van der Waals surface area contributed by atoms with Crippen LogP contribution < -0.4 is 5.32 Å². The maximum absolute atomic E-state index is 13.5. The molecule has 3 heterocycles. The van der Waals surface area contributed by atoms with Crippen molar-refractivity contribution in [3.63, 3.8) is 0 Å². The molecule has 0 atom stereocenters. The Morgan fingerprint density at radius 3 is 2.61 bits per heavy atom. The van der Waals surface area contributed by atoms with Crippen LogP contribution in [0, 0.1) is 0 Å². The van der Waals surface area contributed by atoms with Crippen LogP contribution in [-0.4, -0.2) is 25.5 Å². The largest absolute Gasteiger partial charge is 0.463 e. The number of halogens is 4. The molecular weight excluding hydrogens is 399 g/mol. The van der Waals surface area contributed by atoms with E-state index in [1.165, 1.54) is 24.5 Å². The second-order valence-corrected chi connectivity index (χ2v) is 5.99. The normalized spacial score (nSPS) is 11.7. The molecule has 0 unspecified atom stereocenters. The first-order valence-electron chi connectivity index (χ1n) is 7.78. The zero-order chi connectivity index (χ0) is 19.9. The summed E-state index contributed by atoms with van der Waals surface area (Å²) in [6.07, 6.45) is -3.45. The quantitative estimate of drug-likeness (QED) is 0.547. The number of hydrogen-bond donors (Lipinski definition) is 1. The van der Waals surface area contributed by atoms with Gasteiger partial charge < -0.3 is 9.73 Å². The number of benzene rings is 1. The first kappa shape index (κ1) is 18.0. The Morgan fingerprint density at radius 2 is 1.93 bits per heavy atom. The highest BCUT2D eigenvalue weighted by Crippen LogP contribution is 2.32. The van der Waals surface area contributed by atoms with Gasteiger partial charge in [-0.3, -0.25) is 4.79 Å². The summed E-state index contributed by atoms with van der Waals surface area (Å²) in [5.74, 6) is -1.59. The molecule has 4 aromatic rings. The number of alkyl halides is 3. The molecule has 1 N–H and O–H groups in total. The topological polar surface area (TPSA) is 85.3 Å². The number of rotatable bonds is 3. The number of amides is 1. The minimum Gasteiger partial charge on any atom is -0.463 e. The molecule has 0 saturated carbocycles. The molecule has 0 radical (unpaired) electrons. The fourth-order valence-electron chi connectivity index (χ4n) is 2.46. The smallest absolute Gasteiger partial charge is 0.433 e. The van der Waals surface area contributed by atoms with Gasteiger partial charge in [0, 0.05) is 0 Å². The molecule has 0 spiro atoms. The first-order valence-corrected chi connectivity index (χ1v) is 8.15. The molecule has 0 aliphatic rings. The number of carbonyl (C=O) groups is 1. The molecule has 28 heavy (non-hydrogen) atoms. The van der Waals surface area contributed by atoms with Gasteiger partial charge in [-0.15, -0.1) is 5.10 Å². The summed E-state index contributed by atoms with van der Waals surface area (Å²) < 4.78 is 46.0. The van der Waals surface area contributed by atoms with E-state index in [1.807, 2.05) is 0 Å². The lowest BCUT2D eigenvalue weighted by Gasteiger charge is -2.09. The van der Waals surface area contributed by atoms with Gasteiger partial charge in [0.25, 0.3) is 11.7 Å². The van der Waals surface area contributed by atoms with Gasteiger partial charge in [-0.2, -0.15) is 22.7 Å². The van der Waals surface area contributed by atoms with Gasteiger partial charge in [0.2, 0.25) is 5.82 Å². The third-order valence-corrected chi connectivity index (χ3v) is 4.03. The zero-order valence-corrected chi connectivity index (χ0v) is 14.5. The van der Waals surface area contributed by atoms with Crippen LogP contribution in [0.1, 0.15) is 16.3 Å². The van der Waals surface area contributed by atoms with E-state index in [2.05, 4.69) is 20.4 Å². The van der Waals surface area contributed by atoms with Crippen molar-refractivity contribution < 1.29 is 22.4 Å². The number of nitrogens with zero attached hydrogens (tertiary/aromatic N) is 4. The highest BCUT2D eigenvalue weighted by Gasteiger charge is 2.36. The Balaban J connectivity index is 1.79. The molecular formula is C17H9ClF3N5O2. The summed E-state index contributed by atoms with van der Waals surface area (Å²) >= 11 is 5.97. The van der Waals surface area contributed by atoms with Gasteiger partial charge >= 0.3 is 6.18 Å². The SMILES string of the molecule is O=C(Nc1ccccc1Cl)c1nc2nc(-c3ccco3)cc(C(F)(F)F)n2n1. The van der Waals surface area contributed by atoms with Crippen LogP contribution in [0.4, 0.5) is 18.9 Å². The number of aromatic nitrogens is 4. The number of hydrogen-bond acceptors (Lipinski definition) is 5. The fraction of sp³-hybridized carbons (Fsp3) is 0.0588. The second kappa shape index (κ2) is 6.64. The van der Waals surface area contributed by atoms with E-state index in [4.69, 9.17) is 16.0 Å². The monoisotopic (exact) mass is 407 g/mol. The van der Waals surface area contributed by atoms with Crippen LogP contribution in [0.3, 0.4) is 0 Å². The van der Waals surface area contributed by atoms with Crippen molar-refractivity contribution in [2.75, 3.05) is 5.32 Å². The molecule has 0 saturated heterocycles. The van der Waals surface area contributed by atoms with Crippen LogP contribution in [0.15, 0.2) is 53.1 Å². The second-order valence-electron chi connectivity index (χ2n) is 5.58. The van der Waals surface area contributed by atoms with Crippen molar-refractivity contribution in [1.82, 2.24) is 19.6 Å². The van der Waals surface area contributed by atoms with Crippen molar-refractivity contribution in [1.29, 1.82) is 0 Å². The summed E-state index contributed by atoms with van der Waals surface area (Å²) in [6.45, 7) is 0. The van der Waals surface area contributed by atoms with E-state index in [1.54, 1.807) is 18.2 Å². The van der Waals surface area contributed by atoms with Crippen LogP contribution in [0.25, 0.3) is 17.2 Å². The van der Waals surface area contributed by atoms with Crippen molar-refractivity contribution >= 4 is 29.0 Å². The summed E-state index contributed by atoms with van der Waals surface area (Å²) in [5.41, 5.74) is -0.961. The van der Waals surface area contributed by atoms with Gasteiger partial charge in [-0.05, 0) is 30.3 Å². The van der Waals surface area contributed by atoms with Crippen molar-refractivity contribution in [2.24, 2.45) is 0 Å². The molecule has 11 heteroatoms. The molecule has 0 fully saturated rings. The van der Waals surface area contributed by atoms with E-state index in [0.29, 0.717) is 4.52 Å². The van der Waals surface area contributed by atoms with Crippen molar-refractivity contribution in [2.45, 2.75) is 6.18 Å². The van der Waals surface area contributed by atoms with E-state index >= 15 is 0 Å². The Morgan fingerprint density at radius 1 is 1.14 bits per heavy atom. The van der Waals surface area contributed by atoms with Gasteiger partial charge in [-0.25, -0.2) is 4.98 Å².